The molecule has 0 atom stereocenters. The molecule has 216 valence electrons. The van der Waals surface area contributed by atoms with Crippen molar-refractivity contribution in [3.8, 4) is 0 Å². The van der Waals surface area contributed by atoms with E-state index in [4.69, 9.17) is 6.70 Å². The molecule has 6 aromatic carbocycles. The van der Waals surface area contributed by atoms with Gasteiger partial charge in [0.2, 0.25) is 0 Å². The first-order chi connectivity index (χ1) is 20.8. The summed E-state index contributed by atoms with van der Waals surface area (Å²) >= 11 is -5.54. The summed E-state index contributed by atoms with van der Waals surface area (Å²) in [4.78, 5) is 0. The van der Waals surface area contributed by atoms with E-state index in [1.807, 2.05) is 0 Å². The standard InChI is InChI=1S/6C6H5.2H3OSi.O.2V/c6*1-2-4-6-5-3-1;2*1-2;;;/h6*1-5H;2*2H3;;;/q;;;;;;2*-1;-2;2*+2. The van der Waals surface area contributed by atoms with Crippen molar-refractivity contribution in [3.05, 3.63) is 182 Å². The molecule has 0 aliphatic rings. The van der Waals surface area contributed by atoms with Crippen molar-refractivity contribution in [1.29, 1.82) is 0 Å². The first-order valence-electron chi connectivity index (χ1n) is 14.0. The van der Waals surface area contributed by atoms with Crippen LogP contribution < -0.4 is 25.7 Å². The summed E-state index contributed by atoms with van der Waals surface area (Å²) in [7, 11) is 1.45. The molecule has 3 nitrogen and oxygen atoms in total. The molecule has 7 heteroatoms. The van der Waals surface area contributed by atoms with Crippen molar-refractivity contribution in [2.24, 2.45) is 0 Å². The number of benzene rings is 6. The van der Waals surface area contributed by atoms with Gasteiger partial charge < -0.3 is 5.48 Å². The molecule has 0 radical (unpaired) electrons. The summed E-state index contributed by atoms with van der Waals surface area (Å²) in [6.07, 6.45) is 0. The molecular formula is C36H36O3Si2V2. The monoisotopic (exact) mass is 674 g/mol. The number of hydrogen-bond acceptors (Lipinski definition) is 2. The molecule has 6 aromatic rings. The van der Waals surface area contributed by atoms with Gasteiger partial charge in [-0.2, -0.15) is 0 Å². The van der Waals surface area contributed by atoms with E-state index in [9.17, 15) is 0 Å². The van der Waals surface area contributed by atoms with Crippen molar-refractivity contribution in [2.75, 3.05) is 0 Å². The van der Waals surface area contributed by atoms with Gasteiger partial charge >= 0.3 is 264 Å². The summed E-state index contributed by atoms with van der Waals surface area (Å²) in [6.45, 7) is 0. The first kappa shape index (κ1) is 32.7. The summed E-state index contributed by atoms with van der Waals surface area (Å²) in [5, 5.41) is 0. The predicted octanol–water partition coefficient (Wildman–Crippen LogP) is 2.54. The molecule has 0 amide bonds. The van der Waals surface area contributed by atoms with Crippen molar-refractivity contribution >= 4 is 46.6 Å². The van der Waals surface area contributed by atoms with Gasteiger partial charge in [0.05, 0.1) is 0 Å². The minimum absolute atomic E-state index is 0. The van der Waals surface area contributed by atoms with Crippen LogP contribution in [0.2, 0.25) is 0 Å². The fourth-order valence-electron chi connectivity index (χ4n) is 5.35. The Morgan fingerprint density at radius 1 is 0.279 bits per heavy atom. The molecule has 0 aliphatic carbocycles. The molecular weight excluding hydrogens is 638 g/mol. The molecule has 43 heavy (non-hydrogen) atoms. The van der Waals surface area contributed by atoms with E-state index < -0.39 is 28.8 Å². The quantitative estimate of drug-likeness (QED) is 0.233. The van der Waals surface area contributed by atoms with E-state index in [1.165, 1.54) is 25.7 Å². The molecule has 0 heterocycles. The Hall–Kier alpha value is -3.20. The van der Waals surface area contributed by atoms with Gasteiger partial charge in [-0.3, -0.25) is 0 Å². The van der Waals surface area contributed by atoms with Crippen molar-refractivity contribution in [3.63, 3.8) is 0 Å². The fourth-order valence-corrected chi connectivity index (χ4v) is 20.9. The van der Waals surface area contributed by atoms with E-state index >= 15 is 0 Å². The van der Waals surface area contributed by atoms with Crippen LogP contribution in [-0.2, 0) is 40.9 Å². The Labute approximate surface area is 267 Å². The van der Waals surface area contributed by atoms with Crippen LogP contribution in [0.5, 0.6) is 0 Å². The van der Waals surface area contributed by atoms with Gasteiger partial charge in [0.25, 0.3) is 0 Å². The Bertz CT molecular complexity index is 1310. The van der Waals surface area contributed by atoms with Crippen LogP contribution >= 0.6 is 0 Å². The molecule has 0 spiro atoms. The van der Waals surface area contributed by atoms with E-state index in [-0.39, 0.29) is 5.48 Å². The predicted molar refractivity (Wildman–Crippen MR) is 179 cm³/mol. The SMILES string of the molecule is [O-2].[SiH3][O][V+]([c]1ccccc1)([c]1ccccc1)[c]1ccccc1.[SiH3][O][V+]([c]1ccccc1)([c]1ccccc1)[c]1ccccc1. The average Bonchev–Trinajstić information content (AvgIpc) is 3.09. The average molecular weight is 675 g/mol. The summed E-state index contributed by atoms with van der Waals surface area (Å²) in [6, 6.07) is 64.3. The summed E-state index contributed by atoms with van der Waals surface area (Å²) in [5.41, 5.74) is 0. The molecule has 0 aliphatic heterocycles. The van der Waals surface area contributed by atoms with Gasteiger partial charge in [0.1, 0.15) is 0 Å². The Balaban J connectivity index is 0.000000192. The zero-order valence-corrected chi connectivity index (χ0v) is 31.2. The van der Waals surface area contributed by atoms with Gasteiger partial charge in [-0.1, -0.05) is 0 Å². The van der Waals surface area contributed by atoms with Crippen molar-refractivity contribution in [2.45, 2.75) is 0 Å². The Morgan fingerprint density at radius 3 is 0.535 bits per heavy atom. The van der Waals surface area contributed by atoms with Crippen LogP contribution in [-0.4, -0.2) is 21.0 Å². The van der Waals surface area contributed by atoms with Crippen LogP contribution in [0.1, 0.15) is 0 Å². The number of rotatable bonds is 8. The third kappa shape index (κ3) is 6.98. The normalized spacial score (nSPS) is 11.2. The molecule has 0 unspecified atom stereocenters. The maximum atomic E-state index is 6.41. The van der Waals surface area contributed by atoms with Crippen LogP contribution in [0, 0.1) is 0 Å². The van der Waals surface area contributed by atoms with Crippen LogP contribution in [0.15, 0.2) is 182 Å². The second-order valence-electron chi connectivity index (χ2n) is 9.60. The molecule has 0 bridgehead atoms. The molecule has 0 aromatic heterocycles. The fraction of sp³-hybridized carbons (Fsp3) is 0. The van der Waals surface area contributed by atoms with Gasteiger partial charge in [-0.15, -0.1) is 0 Å². The van der Waals surface area contributed by atoms with Crippen molar-refractivity contribution in [1.82, 2.24) is 0 Å². The third-order valence-corrected chi connectivity index (χ3v) is 23.1. The van der Waals surface area contributed by atoms with Gasteiger partial charge in [0, 0.05) is 0 Å². The summed E-state index contributed by atoms with van der Waals surface area (Å²) < 4.78 is 20.8. The minimum atomic E-state index is -2.77. The number of hydrogen-bond donors (Lipinski definition) is 0. The molecule has 0 saturated carbocycles. The molecule has 0 saturated heterocycles. The molecule has 0 N–H and O–H groups in total. The maximum absolute atomic E-state index is 6.41. The Kier molecular flexibility index (Phi) is 12.2. The topological polar surface area (TPSA) is 47.0 Å². The molecule has 0 fully saturated rings. The van der Waals surface area contributed by atoms with E-state index in [0.29, 0.717) is 0 Å². The van der Waals surface area contributed by atoms with Gasteiger partial charge in [-0.05, 0) is 0 Å². The second kappa shape index (κ2) is 16.0. The second-order valence-corrected chi connectivity index (χ2v) is 22.4. The Morgan fingerprint density at radius 2 is 0.419 bits per heavy atom. The van der Waals surface area contributed by atoms with Crippen LogP contribution in [0.4, 0.5) is 0 Å². The zero-order chi connectivity index (χ0) is 29.1. The zero-order valence-electron chi connectivity index (χ0n) is 24.4. The van der Waals surface area contributed by atoms with Crippen LogP contribution in [0.25, 0.3) is 0 Å². The van der Waals surface area contributed by atoms with Gasteiger partial charge in [-0.25, -0.2) is 0 Å². The van der Waals surface area contributed by atoms with E-state index in [0.717, 1.165) is 21.0 Å². The van der Waals surface area contributed by atoms with Crippen molar-refractivity contribution < 1.29 is 40.9 Å². The summed E-state index contributed by atoms with van der Waals surface area (Å²) in [5.74, 6) is 0. The van der Waals surface area contributed by atoms with Crippen LogP contribution in [0.3, 0.4) is 0 Å². The third-order valence-electron chi connectivity index (χ3n) is 7.27. The first-order valence-corrected chi connectivity index (χ1v) is 21.0. The van der Waals surface area contributed by atoms with E-state index in [1.54, 1.807) is 0 Å². The molecule has 6 rings (SSSR count). The van der Waals surface area contributed by atoms with Gasteiger partial charge in [0.15, 0.2) is 0 Å². The van der Waals surface area contributed by atoms with E-state index in [2.05, 4.69) is 182 Å².